The summed E-state index contributed by atoms with van der Waals surface area (Å²) in [4.78, 5) is 14.2. The molecule has 1 N–H and O–H groups in total. The molecule has 1 amide bonds. The summed E-state index contributed by atoms with van der Waals surface area (Å²) in [7, 11) is 0. The van der Waals surface area contributed by atoms with Crippen LogP contribution < -0.4 is 5.32 Å². The smallest absolute Gasteiger partial charge is 0.227 e. The minimum absolute atomic E-state index is 0.0663. The van der Waals surface area contributed by atoms with Gasteiger partial charge in [-0.25, -0.2) is 0 Å². The molecule has 0 spiro atoms. The van der Waals surface area contributed by atoms with Crippen molar-refractivity contribution in [1.29, 1.82) is 0 Å². The molecule has 0 saturated carbocycles. The van der Waals surface area contributed by atoms with E-state index in [0.29, 0.717) is 12.4 Å². The summed E-state index contributed by atoms with van der Waals surface area (Å²) in [6.07, 6.45) is 2.24. The zero-order valence-electron chi connectivity index (χ0n) is 12.8. The molecule has 5 nitrogen and oxygen atoms in total. The summed E-state index contributed by atoms with van der Waals surface area (Å²) < 4.78 is 5.29. The number of carbonyl (C=O) groups excluding carboxylic acids is 1. The molecule has 22 heavy (non-hydrogen) atoms. The molecule has 3 rings (SSSR count). The van der Waals surface area contributed by atoms with Gasteiger partial charge in [-0.05, 0) is 12.8 Å². The Morgan fingerprint density at radius 3 is 2.77 bits per heavy atom. The first-order valence-corrected chi connectivity index (χ1v) is 7.79. The van der Waals surface area contributed by atoms with Gasteiger partial charge in [0.05, 0.1) is 5.92 Å². The van der Waals surface area contributed by atoms with E-state index in [9.17, 15) is 4.79 Å². The van der Waals surface area contributed by atoms with Crippen LogP contribution in [0.2, 0.25) is 0 Å². The summed E-state index contributed by atoms with van der Waals surface area (Å²) in [5, 5.41) is 7.22. The normalized spacial score (nSPS) is 15.8. The van der Waals surface area contributed by atoms with Crippen LogP contribution in [0, 0.1) is 5.92 Å². The van der Waals surface area contributed by atoms with Crippen LogP contribution in [0.15, 0.2) is 40.9 Å². The molecule has 1 aliphatic heterocycles. The Balaban J connectivity index is 1.55. The molecule has 116 valence electrons. The number of hydrogen-bond acceptors (Lipinski definition) is 4. The van der Waals surface area contributed by atoms with E-state index in [1.807, 2.05) is 48.2 Å². The monoisotopic (exact) mass is 299 g/mol. The third-order valence-corrected chi connectivity index (χ3v) is 4.00. The van der Waals surface area contributed by atoms with Gasteiger partial charge in [-0.2, -0.15) is 0 Å². The van der Waals surface area contributed by atoms with Crippen molar-refractivity contribution in [2.24, 2.45) is 5.92 Å². The van der Waals surface area contributed by atoms with E-state index in [1.165, 1.54) is 0 Å². The zero-order chi connectivity index (χ0) is 15.4. The topological polar surface area (TPSA) is 58.4 Å². The van der Waals surface area contributed by atoms with Crippen molar-refractivity contribution < 1.29 is 9.32 Å². The van der Waals surface area contributed by atoms with E-state index in [4.69, 9.17) is 4.52 Å². The number of nitrogens with one attached hydrogen (secondary N) is 1. The van der Waals surface area contributed by atoms with Crippen LogP contribution in [-0.4, -0.2) is 35.6 Å². The van der Waals surface area contributed by atoms with Crippen molar-refractivity contribution in [3.8, 4) is 11.3 Å². The number of amides is 1. The van der Waals surface area contributed by atoms with Crippen molar-refractivity contribution in [2.45, 2.75) is 19.8 Å². The number of likely N-dealkylation sites (tertiary alicyclic amines) is 1. The first-order chi connectivity index (χ1) is 10.7. The highest BCUT2D eigenvalue weighted by molar-refractivity contribution is 5.79. The lowest BCUT2D eigenvalue weighted by Crippen LogP contribution is -2.35. The van der Waals surface area contributed by atoms with E-state index >= 15 is 0 Å². The van der Waals surface area contributed by atoms with Crippen LogP contribution in [0.1, 0.15) is 19.8 Å². The van der Waals surface area contributed by atoms with Crippen LogP contribution >= 0.6 is 0 Å². The molecular formula is C17H21N3O2. The Bertz CT molecular complexity index is 618. The molecule has 0 bridgehead atoms. The molecule has 0 radical (unpaired) electrons. The third-order valence-electron chi connectivity index (χ3n) is 4.00. The first kappa shape index (κ1) is 14.6. The molecule has 1 atom stereocenters. The molecule has 1 unspecified atom stereocenters. The van der Waals surface area contributed by atoms with Gasteiger partial charge in [0.1, 0.15) is 5.69 Å². The zero-order valence-corrected chi connectivity index (χ0v) is 12.8. The summed E-state index contributed by atoms with van der Waals surface area (Å²) in [5.41, 5.74) is 1.81. The van der Waals surface area contributed by atoms with E-state index in [0.717, 1.165) is 37.2 Å². The predicted molar refractivity (Wildman–Crippen MR) is 85.4 cm³/mol. The maximum Gasteiger partial charge on any atom is 0.227 e. The van der Waals surface area contributed by atoms with Crippen LogP contribution in [0.25, 0.3) is 11.3 Å². The fourth-order valence-corrected chi connectivity index (χ4v) is 2.69. The number of hydrogen-bond donors (Lipinski definition) is 1. The van der Waals surface area contributed by atoms with Crippen molar-refractivity contribution in [3.05, 3.63) is 36.4 Å². The molecule has 2 aromatic rings. The molecule has 1 aromatic carbocycles. The maximum atomic E-state index is 12.2. The van der Waals surface area contributed by atoms with Gasteiger partial charge in [-0.3, -0.25) is 4.79 Å². The Hall–Kier alpha value is -2.30. The molecule has 0 aliphatic carbocycles. The average molecular weight is 299 g/mol. The number of aromatic nitrogens is 1. The fraction of sp³-hybridized carbons (Fsp3) is 0.412. The largest absolute Gasteiger partial charge is 0.353 e. The SMILES string of the molecule is CC(CNc1cc(-c2ccccc2)no1)C(=O)N1CCCC1. The van der Waals surface area contributed by atoms with Crippen LogP contribution in [0.5, 0.6) is 0 Å². The lowest BCUT2D eigenvalue weighted by molar-refractivity contribution is -0.133. The number of nitrogens with zero attached hydrogens (tertiary/aromatic N) is 2. The standard InChI is InChI=1S/C17H21N3O2/c1-13(17(21)20-9-5-6-10-20)12-18-16-11-15(19-22-16)14-7-3-2-4-8-14/h2-4,7-8,11,13,18H,5-6,9-10,12H2,1H3. The minimum atomic E-state index is -0.0663. The summed E-state index contributed by atoms with van der Waals surface area (Å²) in [6.45, 7) is 4.29. The minimum Gasteiger partial charge on any atom is -0.353 e. The van der Waals surface area contributed by atoms with Gasteiger partial charge in [0.2, 0.25) is 11.8 Å². The third kappa shape index (κ3) is 3.30. The molecule has 1 aliphatic rings. The summed E-state index contributed by atoms with van der Waals surface area (Å²) >= 11 is 0. The fourth-order valence-electron chi connectivity index (χ4n) is 2.69. The number of rotatable bonds is 5. The van der Waals surface area contributed by atoms with Crippen LogP contribution in [0.4, 0.5) is 5.88 Å². The van der Waals surface area contributed by atoms with E-state index < -0.39 is 0 Å². The second kappa shape index (κ2) is 6.64. The molecular weight excluding hydrogens is 278 g/mol. The number of anilines is 1. The number of benzene rings is 1. The Kier molecular flexibility index (Phi) is 4.42. The average Bonchev–Trinajstić information content (AvgIpc) is 3.24. The van der Waals surface area contributed by atoms with Gasteiger partial charge in [-0.1, -0.05) is 42.4 Å². The summed E-state index contributed by atoms with van der Waals surface area (Å²) in [5.74, 6) is 0.746. The van der Waals surface area contributed by atoms with Crippen molar-refractivity contribution in [1.82, 2.24) is 10.1 Å². The highest BCUT2D eigenvalue weighted by atomic mass is 16.5. The van der Waals surface area contributed by atoms with Gasteiger partial charge in [0.25, 0.3) is 0 Å². The molecule has 1 aromatic heterocycles. The summed E-state index contributed by atoms with van der Waals surface area (Å²) in [6, 6.07) is 11.7. The van der Waals surface area contributed by atoms with Gasteiger partial charge < -0.3 is 14.7 Å². The van der Waals surface area contributed by atoms with Crippen molar-refractivity contribution in [2.75, 3.05) is 25.0 Å². The highest BCUT2D eigenvalue weighted by Gasteiger charge is 2.23. The van der Waals surface area contributed by atoms with E-state index in [-0.39, 0.29) is 11.8 Å². The predicted octanol–water partition coefficient (Wildman–Crippen LogP) is 3.01. The van der Waals surface area contributed by atoms with E-state index in [2.05, 4.69) is 10.5 Å². The lowest BCUT2D eigenvalue weighted by Gasteiger charge is -2.20. The van der Waals surface area contributed by atoms with Crippen LogP contribution in [-0.2, 0) is 4.79 Å². The molecule has 2 heterocycles. The van der Waals surface area contributed by atoms with Gasteiger partial charge >= 0.3 is 0 Å². The Morgan fingerprint density at radius 2 is 2.05 bits per heavy atom. The highest BCUT2D eigenvalue weighted by Crippen LogP contribution is 2.21. The van der Waals surface area contributed by atoms with Gasteiger partial charge in [-0.15, -0.1) is 0 Å². The second-order valence-corrected chi connectivity index (χ2v) is 5.76. The van der Waals surface area contributed by atoms with Gasteiger partial charge in [0, 0.05) is 31.3 Å². The van der Waals surface area contributed by atoms with Crippen molar-refractivity contribution >= 4 is 11.8 Å². The van der Waals surface area contributed by atoms with E-state index in [1.54, 1.807) is 0 Å². The quantitative estimate of drug-likeness (QED) is 0.922. The Morgan fingerprint density at radius 1 is 1.32 bits per heavy atom. The van der Waals surface area contributed by atoms with Crippen LogP contribution in [0.3, 0.4) is 0 Å². The second-order valence-electron chi connectivity index (χ2n) is 5.76. The maximum absolute atomic E-state index is 12.2. The molecule has 5 heteroatoms. The molecule has 1 fully saturated rings. The molecule has 1 saturated heterocycles. The first-order valence-electron chi connectivity index (χ1n) is 7.79. The van der Waals surface area contributed by atoms with Crippen molar-refractivity contribution in [3.63, 3.8) is 0 Å². The Labute approximate surface area is 130 Å². The lowest BCUT2D eigenvalue weighted by atomic mass is 10.1. The number of carbonyl (C=O) groups is 1. The van der Waals surface area contributed by atoms with Gasteiger partial charge in [0.15, 0.2) is 0 Å².